The molecule has 2 heteroatoms. The number of para-hydroxylation sites is 1. The molecule has 2 aliphatic rings. The van der Waals surface area contributed by atoms with Crippen LogP contribution < -0.4 is 10.1 Å². The van der Waals surface area contributed by atoms with Crippen molar-refractivity contribution in [2.24, 2.45) is 0 Å². The van der Waals surface area contributed by atoms with Crippen LogP contribution in [0.5, 0.6) is 5.75 Å². The average molecular weight is 259 g/mol. The van der Waals surface area contributed by atoms with E-state index < -0.39 is 0 Å². The zero-order valence-electron chi connectivity index (χ0n) is 12.0. The van der Waals surface area contributed by atoms with Crippen molar-refractivity contribution in [1.29, 1.82) is 0 Å². The van der Waals surface area contributed by atoms with Crippen molar-refractivity contribution in [3.63, 3.8) is 0 Å². The minimum Gasteiger partial charge on any atom is -0.493 e. The van der Waals surface area contributed by atoms with Gasteiger partial charge >= 0.3 is 0 Å². The van der Waals surface area contributed by atoms with Gasteiger partial charge in [-0.2, -0.15) is 0 Å². The zero-order valence-corrected chi connectivity index (χ0v) is 12.0. The molecule has 19 heavy (non-hydrogen) atoms. The third-order valence-electron chi connectivity index (χ3n) is 4.57. The van der Waals surface area contributed by atoms with Crippen molar-refractivity contribution >= 4 is 0 Å². The first-order valence-corrected chi connectivity index (χ1v) is 7.86. The Kier molecular flexibility index (Phi) is 4.07. The van der Waals surface area contributed by atoms with E-state index in [1.54, 1.807) is 0 Å². The largest absolute Gasteiger partial charge is 0.493 e. The number of hydrogen-bond acceptors (Lipinski definition) is 2. The minimum atomic E-state index is 0.686. The molecule has 0 bridgehead atoms. The molecular weight excluding hydrogens is 234 g/mol. The molecule has 1 aliphatic carbocycles. The Morgan fingerprint density at radius 2 is 2.21 bits per heavy atom. The summed E-state index contributed by atoms with van der Waals surface area (Å²) in [6, 6.07) is 7.45. The molecule has 0 spiro atoms. The Balaban J connectivity index is 1.81. The van der Waals surface area contributed by atoms with Gasteiger partial charge in [0, 0.05) is 6.04 Å². The van der Waals surface area contributed by atoms with Gasteiger partial charge in [-0.05, 0) is 55.7 Å². The van der Waals surface area contributed by atoms with E-state index in [1.807, 2.05) is 0 Å². The summed E-state index contributed by atoms with van der Waals surface area (Å²) in [5, 5.41) is 3.62. The lowest BCUT2D eigenvalue weighted by molar-refractivity contribution is 0.275. The molecular formula is C17H25NO. The summed E-state index contributed by atoms with van der Waals surface area (Å²) < 4.78 is 5.98. The van der Waals surface area contributed by atoms with Crippen molar-refractivity contribution in [3.8, 4) is 5.75 Å². The maximum Gasteiger partial charge on any atom is 0.125 e. The lowest BCUT2D eigenvalue weighted by Gasteiger charge is -2.32. The Hall–Kier alpha value is -1.02. The van der Waals surface area contributed by atoms with E-state index in [0.717, 1.165) is 13.2 Å². The van der Waals surface area contributed by atoms with E-state index in [0.29, 0.717) is 12.0 Å². The lowest BCUT2D eigenvalue weighted by Crippen LogP contribution is -2.33. The van der Waals surface area contributed by atoms with E-state index in [1.165, 1.54) is 55.4 Å². The average Bonchev–Trinajstić information content (AvgIpc) is 2.47. The summed E-state index contributed by atoms with van der Waals surface area (Å²) in [5.41, 5.74) is 2.90. The molecule has 0 aromatic heterocycles. The monoisotopic (exact) mass is 259 g/mol. The van der Waals surface area contributed by atoms with Crippen LogP contribution in [0, 0.1) is 0 Å². The van der Waals surface area contributed by atoms with Crippen LogP contribution in [0.2, 0.25) is 0 Å². The summed E-state index contributed by atoms with van der Waals surface area (Å²) in [6.07, 6.45) is 7.62. The van der Waals surface area contributed by atoms with Gasteiger partial charge < -0.3 is 10.1 Å². The number of ether oxygens (including phenoxy) is 1. The molecule has 0 amide bonds. The molecule has 0 radical (unpaired) electrons. The van der Waals surface area contributed by atoms with E-state index in [2.05, 4.69) is 30.4 Å². The minimum absolute atomic E-state index is 0.686. The van der Waals surface area contributed by atoms with Crippen LogP contribution in [0.3, 0.4) is 0 Å². The van der Waals surface area contributed by atoms with Crippen molar-refractivity contribution < 1.29 is 4.74 Å². The summed E-state index contributed by atoms with van der Waals surface area (Å²) in [7, 11) is 0. The Morgan fingerprint density at radius 1 is 1.26 bits per heavy atom. The van der Waals surface area contributed by atoms with E-state index >= 15 is 0 Å². The second-order valence-electron chi connectivity index (χ2n) is 5.91. The van der Waals surface area contributed by atoms with Crippen molar-refractivity contribution in [1.82, 2.24) is 5.32 Å². The topological polar surface area (TPSA) is 21.3 Å². The molecule has 1 fully saturated rings. The molecule has 104 valence electrons. The highest BCUT2D eigenvalue weighted by Crippen LogP contribution is 2.40. The Bertz CT molecular complexity index is 427. The van der Waals surface area contributed by atoms with Gasteiger partial charge in [0.05, 0.1) is 6.61 Å². The first-order valence-electron chi connectivity index (χ1n) is 7.86. The Morgan fingerprint density at radius 3 is 3.11 bits per heavy atom. The van der Waals surface area contributed by atoms with Crippen molar-refractivity contribution in [2.45, 2.75) is 57.4 Å². The first kappa shape index (κ1) is 13.0. The highest BCUT2D eigenvalue weighted by Gasteiger charge is 2.26. The van der Waals surface area contributed by atoms with E-state index in [-0.39, 0.29) is 0 Å². The molecule has 2 atom stereocenters. The molecule has 1 N–H and O–H groups in total. The number of nitrogens with one attached hydrogen (secondary N) is 1. The van der Waals surface area contributed by atoms with Crippen LogP contribution in [-0.2, 0) is 6.42 Å². The quantitative estimate of drug-likeness (QED) is 0.894. The van der Waals surface area contributed by atoms with Gasteiger partial charge in [0.15, 0.2) is 0 Å². The molecule has 1 saturated carbocycles. The van der Waals surface area contributed by atoms with Crippen molar-refractivity contribution in [2.75, 3.05) is 13.2 Å². The second kappa shape index (κ2) is 5.96. The Labute approximate surface area is 116 Å². The van der Waals surface area contributed by atoms with E-state index in [4.69, 9.17) is 4.74 Å². The SMILES string of the molecule is CCNC1CCCC(c2cccc3c2OCCC3)C1. The van der Waals surface area contributed by atoms with Crippen LogP contribution >= 0.6 is 0 Å². The maximum absolute atomic E-state index is 5.98. The van der Waals surface area contributed by atoms with Crippen LogP contribution in [0.25, 0.3) is 0 Å². The van der Waals surface area contributed by atoms with Gasteiger partial charge in [0.2, 0.25) is 0 Å². The highest BCUT2D eigenvalue weighted by atomic mass is 16.5. The molecule has 2 unspecified atom stereocenters. The third-order valence-corrected chi connectivity index (χ3v) is 4.57. The normalized spacial score (nSPS) is 26.6. The van der Waals surface area contributed by atoms with Gasteiger partial charge in [-0.3, -0.25) is 0 Å². The molecule has 1 aromatic carbocycles. The van der Waals surface area contributed by atoms with Crippen LogP contribution in [-0.4, -0.2) is 19.2 Å². The third kappa shape index (κ3) is 2.79. The predicted octanol–water partition coefficient (Wildman–Crippen LogP) is 3.65. The number of aryl methyl sites for hydroxylation is 1. The second-order valence-corrected chi connectivity index (χ2v) is 5.91. The van der Waals surface area contributed by atoms with Gasteiger partial charge in [0.1, 0.15) is 5.75 Å². The summed E-state index contributed by atoms with van der Waals surface area (Å²) in [6.45, 7) is 4.19. The van der Waals surface area contributed by atoms with Gasteiger partial charge in [-0.25, -0.2) is 0 Å². The molecule has 1 heterocycles. The number of benzene rings is 1. The molecule has 2 nitrogen and oxygen atoms in total. The summed E-state index contributed by atoms with van der Waals surface area (Å²) >= 11 is 0. The zero-order chi connectivity index (χ0) is 13.1. The molecule has 1 aliphatic heterocycles. The van der Waals surface area contributed by atoms with Crippen molar-refractivity contribution in [3.05, 3.63) is 29.3 Å². The van der Waals surface area contributed by atoms with E-state index in [9.17, 15) is 0 Å². The smallest absolute Gasteiger partial charge is 0.125 e. The van der Waals surface area contributed by atoms with Crippen LogP contribution in [0.1, 0.15) is 56.1 Å². The fourth-order valence-electron chi connectivity index (χ4n) is 3.68. The lowest BCUT2D eigenvalue weighted by atomic mass is 9.80. The molecule has 0 saturated heterocycles. The summed E-state index contributed by atoms with van der Waals surface area (Å²) in [4.78, 5) is 0. The van der Waals surface area contributed by atoms with Crippen LogP contribution in [0.4, 0.5) is 0 Å². The fourth-order valence-corrected chi connectivity index (χ4v) is 3.68. The van der Waals surface area contributed by atoms with Gasteiger partial charge in [-0.15, -0.1) is 0 Å². The number of hydrogen-bond donors (Lipinski definition) is 1. The van der Waals surface area contributed by atoms with Gasteiger partial charge in [-0.1, -0.05) is 31.5 Å². The number of rotatable bonds is 3. The maximum atomic E-state index is 5.98. The molecule has 1 aromatic rings. The van der Waals surface area contributed by atoms with Crippen LogP contribution in [0.15, 0.2) is 18.2 Å². The predicted molar refractivity (Wildman–Crippen MR) is 78.9 cm³/mol. The molecule has 3 rings (SSSR count). The standard InChI is InChI=1S/C17H25NO/c1-2-18-15-9-3-7-14(12-15)16-10-4-6-13-8-5-11-19-17(13)16/h4,6,10,14-15,18H,2-3,5,7-9,11-12H2,1H3. The highest BCUT2D eigenvalue weighted by molar-refractivity contribution is 5.45. The summed E-state index contributed by atoms with van der Waals surface area (Å²) in [5.74, 6) is 1.90. The van der Waals surface area contributed by atoms with Gasteiger partial charge in [0.25, 0.3) is 0 Å². The number of fused-ring (bicyclic) bond motifs is 1. The fraction of sp³-hybridized carbons (Fsp3) is 0.647. The first-order chi connectivity index (χ1) is 9.38.